The second-order valence-electron chi connectivity index (χ2n) is 21.3. The Morgan fingerprint density at radius 1 is 0.711 bits per heavy atom. The number of aromatic nitrogens is 8. The van der Waals surface area contributed by atoms with E-state index in [4.69, 9.17) is 59.4 Å². The first kappa shape index (κ1) is 91.0. The number of halogens is 3. The summed E-state index contributed by atoms with van der Waals surface area (Å²) in [5, 5.41) is 35.0. The van der Waals surface area contributed by atoms with Gasteiger partial charge in [0.05, 0.1) is 61.3 Å². The van der Waals surface area contributed by atoms with Crippen LogP contribution in [0.1, 0.15) is 154 Å². The maximum atomic E-state index is 11.9. The number of fused-ring (bicyclic) bond motifs is 6. The predicted octanol–water partition coefficient (Wildman–Crippen LogP) is 12.5. The summed E-state index contributed by atoms with van der Waals surface area (Å²) in [6.07, 6.45) is 20.9. The van der Waals surface area contributed by atoms with Crippen LogP contribution in [0, 0.1) is 30.6 Å². The molecular weight excluding hydrogens is 1320 g/mol. The Kier molecular flexibility index (Phi) is 46.4. The standard InChI is InChI=1S/C23H35N4O6P.C19H26N4O2.C9H23N2O2P.C5H12O.C4H3F3N2O3S.C2H6.C2H2.CH4/c1-4-6-7-20-26-21-22(27(20)10-11-28)18-9-8-17(14-19(18)25-23(21)24)31-12-13-32-34(29,30)33-15-16(3)5-2;1-3-5-6-16-22-17-18(23(16)9-4-2)14-8-7-13(25-11-10-24)12-15(14)21-19(17)20;1-5-9(3)7-13-14(10-4)11-8-12-6-2;1-3-5(2)4-6;5-4(6,7)13(10,11)12-9-2-1-8-3-9;2*1-2;/h8-9,14,16,28H,4-7,10-13,15H2,1-3H3,(H2,24,25)(H,29,30);7-8,12,24H,3-6,9-11H2,1-2H3,(H2,20,21);9-11H,5-8H2,1-4H3;5-6H,3-4H2,1-2H3;1-3H;1-2H3;1-2H;1H4/t16-;;9-,14?;5-;;;;/m1.11..../s1. The first-order valence-electron chi connectivity index (χ1n) is 32.5. The third-order valence-corrected chi connectivity index (χ3v) is 17.0. The minimum atomic E-state index is -5.60. The highest BCUT2D eigenvalue weighted by Gasteiger charge is 2.49. The molecule has 5 heterocycles. The summed E-state index contributed by atoms with van der Waals surface area (Å²) in [4.78, 5) is 31.6. The highest BCUT2D eigenvalue weighted by atomic mass is 32.2. The number of imidazole rings is 3. The first-order chi connectivity index (χ1) is 45.9. The van der Waals surface area contributed by atoms with E-state index in [-0.39, 0.29) is 53.0 Å². The third kappa shape index (κ3) is 31.4. The van der Waals surface area contributed by atoms with Crippen molar-refractivity contribution in [2.75, 3.05) is 84.7 Å². The molecule has 0 spiro atoms. The lowest BCUT2D eigenvalue weighted by Crippen LogP contribution is -2.32. The highest BCUT2D eigenvalue weighted by molar-refractivity contribution is 7.87. The molecule has 552 valence electrons. The number of rotatable bonds is 35. The number of phosphoric acid groups is 1. The van der Waals surface area contributed by atoms with Crippen LogP contribution < -0.4 is 35.4 Å². The Labute approximate surface area is 573 Å². The van der Waals surface area contributed by atoms with Crippen LogP contribution in [0.3, 0.4) is 0 Å². The number of nitrogens with two attached hydrogens (primary N) is 2. The molecule has 0 saturated heterocycles. The molecule has 0 amide bonds. The van der Waals surface area contributed by atoms with E-state index in [9.17, 15) is 36.2 Å². The maximum absolute atomic E-state index is 11.9. The number of aryl methyl sites for hydroxylation is 3. The van der Waals surface area contributed by atoms with Gasteiger partial charge in [0.1, 0.15) is 60.5 Å². The number of ether oxygens (including phenoxy) is 3. The number of anilines is 2. The van der Waals surface area contributed by atoms with E-state index in [0.29, 0.717) is 70.6 Å². The van der Waals surface area contributed by atoms with Crippen molar-refractivity contribution in [2.45, 2.75) is 173 Å². The number of phosphoric ester groups is 1. The van der Waals surface area contributed by atoms with Crippen LogP contribution in [0.5, 0.6) is 11.5 Å². The number of hydrogen-bond donors (Lipinski definition) is 8. The topological polar surface area (TPSA) is 352 Å². The van der Waals surface area contributed by atoms with Gasteiger partial charge in [-0.15, -0.1) is 12.8 Å². The van der Waals surface area contributed by atoms with E-state index in [0.717, 1.165) is 147 Å². The first-order valence-corrected chi connectivity index (χ1v) is 36.6. The van der Waals surface area contributed by atoms with Crippen molar-refractivity contribution in [1.29, 1.82) is 0 Å². The zero-order valence-electron chi connectivity index (χ0n) is 58.2. The van der Waals surface area contributed by atoms with Gasteiger partial charge in [0.15, 0.2) is 20.1 Å². The molecule has 0 fully saturated rings. The molecule has 0 aliphatic carbocycles. The highest BCUT2D eigenvalue weighted by Crippen LogP contribution is 2.43. The Hall–Kier alpha value is -6.03. The largest absolute Gasteiger partial charge is 0.536 e. The van der Waals surface area contributed by atoms with Gasteiger partial charge in [-0.1, -0.05) is 116 Å². The summed E-state index contributed by atoms with van der Waals surface area (Å²) in [5.74, 6) is 5.21. The Bertz CT molecular complexity index is 3440. The smallest absolute Gasteiger partial charge is 0.491 e. The molecule has 5 aromatic heterocycles. The average Bonchev–Trinajstić information content (AvgIpc) is 1.67. The van der Waals surface area contributed by atoms with Crippen LogP contribution in [-0.4, -0.2) is 146 Å². The fourth-order valence-corrected chi connectivity index (χ4v) is 10.3. The van der Waals surface area contributed by atoms with Gasteiger partial charge in [0.25, 0.3) is 0 Å². The minimum Gasteiger partial charge on any atom is -0.491 e. The molecule has 0 saturated carbocycles. The van der Waals surface area contributed by atoms with Crippen molar-refractivity contribution in [1.82, 2.24) is 49.0 Å². The number of nitrogen functional groups attached to an aromatic ring is 2. The zero-order valence-corrected chi connectivity index (χ0v) is 60.8. The summed E-state index contributed by atoms with van der Waals surface area (Å²) < 4.78 is 108. The van der Waals surface area contributed by atoms with E-state index in [1.165, 1.54) is 0 Å². The maximum Gasteiger partial charge on any atom is 0.536 e. The van der Waals surface area contributed by atoms with Gasteiger partial charge in [-0.05, 0) is 75.3 Å². The van der Waals surface area contributed by atoms with Gasteiger partial charge < -0.3 is 59.5 Å². The fraction of sp³-hybridized carbons (Fsp3) is 0.615. The van der Waals surface area contributed by atoms with Crippen molar-refractivity contribution in [2.24, 2.45) is 17.8 Å². The summed E-state index contributed by atoms with van der Waals surface area (Å²) in [7, 11) is -8.55. The molecule has 7 aromatic rings. The van der Waals surface area contributed by atoms with E-state index in [2.05, 4.69) is 88.4 Å². The number of pyridine rings is 2. The predicted molar refractivity (Wildman–Crippen MR) is 382 cm³/mol. The zero-order chi connectivity index (χ0) is 72.4. The number of aliphatic hydroxyl groups is 3. The van der Waals surface area contributed by atoms with Crippen molar-refractivity contribution in [3.8, 4) is 24.3 Å². The molecule has 26 nitrogen and oxygen atoms in total. The number of nitrogens with zero attached hydrogens (tertiary/aromatic N) is 8. The van der Waals surface area contributed by atoms with Crippen LogP contribution >= 0.6 is 16.3 Å². The number of aliphatic hydroxyl groups excluding tert-OH is 3. The van der Waals surface area contributed by atoms with Crippen LogP contribution in [0.25, 0.3) is 43.9 Å². The second kappa shape index (κ2) is 49.5. The lowest BCUT2D eigenvalue weighted by Gasteiger charge is -2.19. The van der Waals surface area contributed by atoms with Crippen LogP contribution in [0.2, 0.25) is 0 Å². The van der Waals surface area contributed by atoms with Gasteiger partial charge in [-0.25, -0.2) is 34.6 Å². The molecule has 0 radical (unpaired) electrons. The molecule has 2 aromatic carbocycles. The molecule has 0 aliphatic heterocycles. The second-order valence-corrected chi connectivity index (χ2v) is 25.9. The van der Waals surface area contributed by atoms with E-state index in [1.54, 1.807) is 12.1 Å². The number of alkyl halides is 3. The van der Waals surface area contributed by atoms with Crippen LogP contribution in [-0.2, 0) is 58.9 Å². The van der Waals surface area contributed by atoms with E-state index in [1.807, 2.05) is 77.4 Å². The van der Waals surface area contributed by atoms with Crippen molar-refractivity contribution >= 4 is 81.9 Å². The molecule has 10 N–H and O–H groups in total. The fourth-order valence-electron chi connectivity index (χ4n) is 8.05. The minimum absolute atomic E-state index is 0. The Morgan fingerprint density at radius 3 is 1.63 bits per heavy atom. The molecule has 2 unspecified atom stereocenters. The van der Waals surface area contributed by atoms with Gasteiger partial charge in [-0.2, -0.15) is 26.3 Å². The molecule has 7 rings (SSSR count). The van der Waals surface area contributed by atoms with E-state index >= 15 is 0 Å². The SMILES string of the molecule is C.C#C.CC.CCCCc1nc2c(N)nc3cc(OCCO)ccc3c2n1CCC.CCCCc1nc2c(N)nc3cc(OCCOP(=O)(O)OC[C@H](C)CC)ccc3c2n1CCO.CCOCNP(NC)OC[C@H](C)CC.CC[C@@H](C)CO.O=S(=O)(On1ccnc1)C(F)(F)F. The number of unbranched alkanes of at least 4 members (excludes halogenated alkanes) is 2. The van der Waals surface area contributed by atoms with Gasteiger partial charge in [-0.3, -0.25) is 18.4 Å². The summed E-state index contributed by atoms with van der Waals surface area (Å²) in [6.45, 7) is 28.9. The van der Waals surface area contributed by atoms with Crippen molar-refractivity contribution < 1.29 is 78.4 Å². The van der Waals surface area contributed by atoms with E-state index < -0.39 is 31.9 Å². The van der Waals surface area contributed by atoms with Gasteiger partial charge >= 0.3 is 23.4 Å². The average molecular weight is 1440 g/mol. The molecular formula is C65H111F3N12O14P2S. The molecule has 32 heteroatoms. The number of terminal acetylenes is 1. The van der Waals surface area contributed by atoms with Crippen LogP contribution in [0.15, 0.2) is 55.1 Å². The lowest BCUT2D eigenvalue weighted by molar-refractivity contribution is -0.0547. The van der Waals surface area contributed by atoms with Crippen LogP contribution in [0.4, 0.5) is 24.8 Å². The van der Waals surface area contributed by atoms with Gasteiger partial charge in [0, 0.05) is 68.2 Å². The Balaban J connectivity index is 0.00000128. The normalized spacial score (nSPS) is 13.0. The quantitative estimate of drug-likeness (QED) is 0.00601. The summed E-state index contributed by atoms with van der Waals surface area (Å²) >= 11 is 0. The number of hydrogen-bond acceptors (Lipinski definition) is 22. The molecule has 5 atom stereocenters. The number of benzene rings is 2. The monoisotopic (exact) mass is 1430 g/mol. The van der Waals surface area contributed by atoms with Gasteiger partial charge in [0.2, 0.25) is 0 Å². The third-order valence-electron chi connectivity index (χ3n) is 13.8. The summed E-state index contributed by atoms with van der Waals surface area (Å²) in [6, 6.07) is 11.2. The lowest BCUT2D eigenvalue weighted by atomic mass is 10.1. The molecule has 0 aliphatic rings. The van der Waals surface area contributed by atoms with Crippen molar-refractivity contribution in [3.63, 3.8) is 0 Å². The number of nitrogens with one attached hydrogen (secondary N) is 2. The molecule has 97 heavy (non-hydrogen) atoms. The Morgan fingerprint density at radius 2 is 1.22 bits per heavy atom. The van der Waals surface area contributed by atoms with Crippen molar-refractivity contribution in [3.05, 3.63) is 66.8 Å². The summed E-state index contributed by atoms with van der Waals surface area (Å²) in [5.41, 5.74) is 11.8. The molecule has 0 bridgehead atoms.